The summed E-state index contributed by atoms with van der Waals surface area (Å²) >= 11 is 0. The van der Waals surface area contributed by atoms with Crippen LogP contribution in [0.2, 0.25) is 0 Å². The summed E-state index contributed by atoms with van der Waals surface area (Å²) in [5.74, 6) is 0. The molecule has 0 spiro atoms. The highest BCUT2D eigenvalue weighted by Crippen LogP contribution is 2.34. The summed E-state index contributed by atoms with van der Waals surface area (Å²) in [6.45, 7) is 4.10. The van der Waals surface area contributed by atoms with Crippen molar-refractivity contribution in [1.82, 2.24) is 9.21 Å². The highest BCUT2D eigenvalue weighted by atomic mass is 32.2. The van der Waals surface area contributed by atoms with Gasteiger partial charge in [-0.05, 0) is 31.9 Å². The lowest BCUT2D eigenvalue weighted by atomic mass is 9.96. The number of aryl methyl sites for hydroxylation is 1. The van der Waals surface area contributed by atoms with E-state index in [1.165, 1.54) is 0 Å². The Labute approximate surface area is 138 Å². The Morgan fingerprint density at radius 3 is 2.09 bits per heavy atom. The molecule has 1 aromatic carbocycles. The first-order valence-corrected chi connectivity index (χ1v) is 9.70. The SMILES string of the molecule is Cc1ccc(S(=O)(=O)N2CCN(C3(C=O)CCCC3)CC2)cc1. The summed E-state index contributed by atoms with van der Waals surface area (Å²) in [5, 5.41) is 0. The van der Waals surface area contributed by atoms with Crippen molar-refractivity contribution >= 4 is 16.3 Å². The number of nitrogens with zero attached hydrogens (tertiary/aromatic N) is 2. The fraction of sp³-hybridized carbons (Fsp3) is 0.588. The van der Waals surface area contributed by atoms with Crippen LogP contribution in [0.3, 0.4) is 0 Å². The first kappa shape index (κ1) is 16.6. The smallest absolute Gasteiger partial charge is 0.243 e. The van der Waals surface area contributed by atoms with E-state index in [0.29, 0.717) is 31.1 Å². The lowest BCUT2D eigenvalue weighted by molar-refractivity contribution is -0.119. The Bertz CT molecular complexity index is 656. The number of piperazine rings is 1. The summed E-state index contributed by atoms with van der Waals surface area (Å²) < 4.78 is 27.0. The third kappa shape index (κ3) is 3.07. The van der Waals surface area contributed by atoms with Gasteiger partial charge in [0.1, 0.15) is 6.29 Å². The Kier molecular flexibility index (Phi) is 4.58. The third-order valence-corrected chi connectivity index (χ3v) is 7.13. The first-order valence-electron chi connectivity index (χ1n) is 8.26. The van der Waals surface area contributed by atoms with Crippen molar-refractivity contribution in [2.45, 2.75) is 43.0 Å². The average Bonchev–Trinajstić information content (AvgIpc) is 3.06. The number of carbonyl (C=O) groups is 1. The van der Waals surface area contributed by atoms with Crippen LogP contribution < -0.4 is 0 Å². The quantitative estimate of drug-likeness (QED) is 0.787. The Hall–Kier alpha value is -1.24. The van der Waals surface area contributed by atoms with Gasteiger partial charge in [-0.15, -0.1) is 0 Å². The van der Waals surface area contributed by atoms with Gasteiger partial charge in [0, 0.05) is 26.2 Å². The second-order valence-electron chi connectivity index (χ2n) is 6.63. The zero-order chi connectivity index (χ0) is 16.5. The number of hydrogen-bond donors (Lipinski definition) is 0. The molecule has 1 heterocycles. The van der Waals surface area contributed by atoms with Crippen LogP contribution in [0.25, 0.3) is 0 Å². The van der Waals surface area contributed by atoms with E-state index in [-0.39, 0.29) is 5.54 Å². The molecule has 0 unspecified atom stereocenters. The standard InChI is InChI=1S/C17H24N2O3S/c1-15-4-6-16(7-5-15)23(21,22)19-12-10-18(11-13-19)17(14-20)8-2-3-9-17/h4-7,14H,2-3,8-13H2,1H3. The zero-order valence-electron chi connectivity index (χ0n) is 13.6. The molecule has 0 N–H and O–H groups in total. The normalized spacial score (nSPS) is 23.0. The zero-order valence-corrected chi connectivity index (χ0v) is 14.4. The average molecular weight is 336 g/mol. The molecule has 23 heavy (non-hydrogen) atoms. The van der Waals surface area contributed by atoms with Crippen LogP contribution >= 0.6 is 0 Å². The molecule has 1 saturated heterocycles. The van der Waals surface area contributed by atoms with Crippen molar-refractivity contribution in [3.63, 3.8) is 0 Å². The highest BCUT2D eigenvalue weighted by molar-refractivity contribution is 7.89. The van der Waals surface area contributed by atoms with Gasteiger partial charge in [-0.1, -0.05) is 30.5 Å². The number of hydrogen-bond acceptors (Lipinski definition) is 4. The maximum Gasteiger partial charge on any atom is 0.243 e. The Morgan fingerprint density at radius 1 is 1.00 bits per heavy atom. The molecule has 1 aliphatic carbocycles. The second kappa shape index (κ2) is 6.34. The molecule has 1 saturated carbocycles. The van der Waals surface area contributed by atoms with Crippen molar-refractivity contribution in [2.75, 3.05) is 26.2 Å². The molecular formula is C17H24N2O3S. The lowest BCUT2D eigenvalue weighted by Gasteiger charge is -2.42. The molecule has 2 fully saturated rings. The van der Waals surface area contributed by atoms with Crippen molar-refractivity contribution in [2.24, 2.45) is 0 Å². The summed E-state index contributed by atoms with van der Waals surface area (Å²) in [7, 11) is -3.43. The molecule has 0 radical (unpaired) electrons. The van der Waals surface area contributed by atoms with Crippen LogP contribution in [0.4, 0.5) is 0 Å². The van der Waals surface area contributed by atoms with Gasteiger partial charge in [0.2, 0.25) is 10.0 Å². The van der Waals surface area contributed by atoms with Gasteiger partial charge >= 0.3 is 0 Å². The van der Waals surface area contributed by atoms with Crippen LogP contribution in [0.15, 0.2) is 29.2 Å². The van der Waals surface area contributed by atoms with E-state index in [4.69, 9.17) is 0 Å². The Balaban J connectivity index is 1.71. The fourth-order valence-corrected chi connectivity index (χ4v) is 5.15. The molecule has 0 aromatic heterocycles. The molecule has 1 aliphatic heterocycles. The van der Waals surface area contributed by atoms with Gasteiger partial charge in [0.05, 0.1) is 10.4 Å². The molecule has 0 atom stereocenters. The minimum Gasteiger partial charge on any atom is -0.301 e. The monoisotopic (exact) mass is 336 g/mol. The summed E-state index contributed by atoms with van der Waals surface area (Å²) in [5.41, 5.74) is 0.697. The van der Waals surface area contributed by atoms with Crippen LogP contribution in [-0.4, -0.2) is 55.6 Å². The van der Waals surface area contributed by atoms with E-state index in [1.54, 1.807) is 16.4 Å². The molecule has 5 nitrogen and oxygen atoms in total. The third-order valence-electron chi connectivity index (χ3n) is 5.22. The molecule has 6 heteroatoms. The second-order valence-corrected chi connectivity index (χ2v) is 8.57. The van der Waals surface area contributed by atoms with E-state index in [0.717, 1.165) is 37.5 Å². The van der Waals surface area contributed by atoms with Crippen molar-refractivity contribution in [3.05, 3.63) is 29.8 Å². The van der Waals surface area contributed by atoms with Crippen molar-refractivity contribution < 1.29 is 13.2 Å². The summed E-state index contributed by atoms with van der Waals surface area (Å²) in [6, 6.07) is 6.98. The lowest BCUT2D eigenvalue weighted by Crippen LogP contribution is -2.57. The molecule has 1 aromatic rings. The van der Waals surface area contributed by atoms with Crippen LogP contribution in [0, 0.1) is 6.92 Å². The minimum atomic E-state index is -3.43. The van der Waals surface area contributed by atoms with E-state index < -0.39 is 10.0 Å². The largest absolute Gasteiger partial charge is 0.301 e. The number of rotatable bonds is 4. The van der Waals surface area contributed by atoms with Gasteiger partial charge in [-0.25, -0.2) is 8.42 Å². The number of sulfonamides is 1. The number of benzene rings is 1. The highest BCUT2D eigenvalue weighted by Gasteiger charge is 2.42. The van der Waals surface area contributed by atoms with Crippen molar-refractivity contribution in [3.8, 4) is 0 Å². The van der Waals surface area contributed by atoms with Crippen LogP contribution in [0.1, 0.15) is 31.2 Å². The van der Waals surface area contributed by atoms with Crippen LogP contribution in [-0.2, 0) is 14.8 Å². The predicted octanol–water partition coefficient (Wildman–Crippen LogP) is 1.81. The van der Waals surface area contributed by atoms with E-state index in [1.807, 2.05) is 19.1 Å². The number of aldehydes is 1. The van der Waals surface area contributed by atoms with Crippen molar-refractivity contribution in [1.29, 1.82) is 0 Å². The molecule has 126 valence electrons. The van der Waals surface area contributed by atoms with Gasteiger partial charge in [-0.3, -0.25) is 4.90 Å². The maximum atomic E-state index is 12.7. The summed E-state index contributed by atoms with van der Waals surface area (Å²) in [4.78, 5) is 14.1. The van der Waals surface area contributed by atoms with Gasteiger partial charge in [-0.2, -0.15) is 4.31 Å². The van der Waals surface area contributed by atoms with Crippen LogP contribution in [0.5, 0.6) is 0 Å². The molecule has 2 aliphatic rings. The van der Waals surface area contributed by atoms with Gasteiger partial charge < -0.3 is 4.79 Å². The molecule has 0 bridgehead atoms. The molecular weight excluding hydrogens is 312 g/mol. The van der Waals surface area contributed by atoms with E-state index in [9.17, 15) is 13.2 Å². The summed E-state index contributed by atoms with van der Waals surface area (Å²) in [6.07, 6.45) is 5.06. The van der Waals surface area contributed by atoms with Gasteiger partial charge in [0.15, 0.2) is 0 Å². The molecule has 0 amide bonds. The fourth-order valence-electron chi connectivity index (χ4n) is 3.73. The maximum absolute atomic E-state index is 12.7. The number of carbonyl (C=O) groups excluding carboxylic acids is 1. The van der Waals surface area contributed by atoms with E-state index >= 15 is 0 Å². The topological polar surface area (TPSA) is 57.7 Å². The predicted molar refractivity (Wildman–Crippen MR) is 88.8 cm³/mol. The Morgan fingerprint density at radius 2 is 1.57 bits per heavy atom. The first-order chi connectivity index (χ1) is 11.0. The minimum absolute atomic E-state index is 0.348. The van der Waals surface area contributed by atoms with Gasteiger partial charge in [0.25, 0.3) is 0 Å². The van der Waals surface area contributed by atoms with E-state index in [2.05, 4.69) is 4.90 Å². The molecule has 3 rings (SSSR count).